The summed E-state index contributed by atoms with van der Waals surface area (Å²) in [4.78, 5) is 0. The number of aliphatic hydroxyl groups excluding tert-OH is 1. The monoisotopic (exact) mass is 556 g/mol. The lowest BCUT2D eigenvalue weighted by Gasteiger charge is -2.43. The highest BCUT2D eigenvalue weighted by molar-refractivity contribution is 6.99. The lowest BCUT2D eigenvalue weighted by atomic mass is 10.1. The summed E-state index contributed by atoms with van der Waals surface area (Å²) in [5, 5.41) is 13.5. The van der Waals surface area contributed by atoms with Gasteiger partial charge in [-0.3, -0.25) is 0 Å². The van der Waals surface area contributed by atoms with Gasteiger partial charge in [-0.1, -0.05) is 102 Å². The highest BCUT2D eigenvalue weighted by Gasteiger charge is 2.50. The first kappa shape index (κ1) is 31.2. The third kappa shape index (κ3) is 7.46. The summed E-state index contributed by atoms with van der Waals surface area (Å²) in [5.41, 5.74) is 0. The topological polar surface area (TPSA) is 47.9 Å². The van der Waals surface area contributed by atoms with E-state index in [4.69, 9.17) is 13.6 Å². The van der Waals surface area contributed by atoms with E-state index in [1.165, 1.54) is 10.4 Å². The van der Waals surface area contributed by atoms with Crippen LogP contribution in [0.1, 0.15) is 73.6 Å². The van der Waals surface area contributed by atoms with Crippen molar-refractivity contribution in [1.29, 1.82) is 0 Å². The molecule has 1 heterocycles. The lowest BCUT2D eigenvalue weighted by Crippen LogP contribution is -2.66. The minimum Gasteiger partial charge on any atom is -0.417 e. The zero-order chi connectivity index (χ0) is 28.0. The van der Waals surface area contributed by atoms with Crippen LogP contribution in [0.25, 0.3) is 0 Å². The summed E-state index contributed by atoms with van der Waals surface area (Å²) in [6.07, 6.45) is 3.95. The molecule has 0 amide bonds. The molecule has 6 heteroatoms. The first-order valence-electron chi connectivity index (χ1n) is 14.5. The van der Waals surface area contributed by atoms with Crippen LogP contribution in [0.15, 0.2) is 60.7 Å². The molecule has 1 aliphatic rings. The van der Waals surface area contributed by atoms with Crippen molar-refractivity contribution >= 4 is 27.0 Å². The fourth-order valence-corrected chi connectivity index (χ4v) is 11.1. The molecule has 0 bridgehead atoms. The molecule has 0 aliphatic carbocycles. The van der Waals surface area contributed by atoms with Crippen molar-refractivity contribution < 1.29 is 18.7 Å². The van der Waals surface area contributed by atoms with Crippen molar-refractivity contribution in [3.05, 3.63) is 60.7 Å². The first-order valence-corrected chi connectivity index (χ1v) is 19.3. The minimum absolute atomic E-state index is 0.0205. The van der Waals surface area contributed by atoms with E-state index in [2.05, 4.69) is 115 Å². The highest BCUT2D eigenvalue weighted by atomic mass is 28.4. The maximum Gasteiger partial charge on any atom is 0.261 e. The molecule has 4 nitrogen and oxygen atoms in total. The van der Waals surface area contributed by atoms with Crippen molar-refractivity contribution in [2.24, 2.45) is 0 Å². The molecule has 2 aromatic carbocycles. The van der Waals surface area contributed by atoms with Crippen LogP contribution in [0.3, 0.4) is 0 Å². The molecule has 38 heavy (non-hydrogen) atoms. The molecule has 0 spiro atoms. The van der Waals surface area contributed by atoms with Gasteiger partial charge in [0.05, 0.1) is 18.3 Å². The van der Waals surface area contributed by atoms with Gasteiger partial charge in [-0.15, -0.1) is 0 Å². The van der Waals surface area contributed by atoms with Gasteiger partial charge in [0.25, 0.3) is 8.32 Å². The van der Waals surface area contributed by atoms with Gasteiger partial charge >= 0.3 is 0 Å². The quantitative estimate of drug-likeness (QED) is 0.234. The third-order valence-corrected chi connectivity index (χ3v) is 18.2. The number of ether oxygens (including phenoxy) is 1. The van der Waals surface area contributed by atoms with Gasteiger partial charge in [-0.25, -0.2) is 0 Å². The molecule has 3 atom stereocenters. The molecule has 2 aromatic rings. The fraction of sp³-hybridized carbons (Fsp3) is 0.625. The number of benzene rings is 2. The van der Waals surface area contributed by atoms with Crippen molar-refractivity contribution in [3.8, 4) is 0 Å². The Kier molecular flexibility index (Phi) is 10.6. The van der Waals surface area contributed by atoms with Crippen LogP contribution in [-0.4, -0.2) is 53.3 Å². The van der Waals surface area contributed by atoms with Crippen molar-refractivity contribution in [1.82, 2.24) is 0 Å². The Morgan fingerprint density at radius 1 is 0.763 bits per heavy atom. The normalized spacial score (nSPS) is 21.1. The van der Waals surface area contributed by atoms with Crippen LogP contribution < -0.4 is 10.4 Å². The van der Waals surface area contributed by atoms with E-state index >= 15 is 0 Å². The summed E-state index contributed by atoms with van der Waals surface area (Å²) in [5.74, 6) is 0. The first-order chi connectivity index (χ1) is 17.8. The molecule has 0 unspecified atom stereocenters. The summed E-state index contributed by atoms with van der Waals surface area (Å²) in [6, 6.07) is 21.6. The highest BCUT2D eigenvalue weighted by Crippen LogP contribution is 2.38. The summed E-state index contributed by atoms with van der Waals surface area (Å²) in [6.45, 7) is 19.8. The largest absolute Gasteiger partial charge is 0.417 e. The molecular weight excluding hydrogens is 505 g/mol. The Morgan fingerprint density at radius 2 is 1.26 bits per heavy atom. The molecule has 1 fully saturated rings. The van der Waals surface area contributed by atoms with Crippen LogP contribution in [0.4, 0.5) is 0 Å². The van der Waals surface area contributed by atoms with Crippen molar-refractivity contribution in [2.45, 2.75) is 115 Å². The Bertz CT molecular complexity index is 927. The van der Waals surface area contributed by atoms with Gasteiger partial charge < -0.3 is 18.7 Å². The summed E-state index contributed by atoms with van der Waals surface area (Å²) >= 11 is 0. The maximum atomic E-state index is 10.7. The number of hydrogen-bond donors (Lipinski definition) is 1. The predicted octanol–water partition coefficient (Wildman–Crippen LogP) is 6.66. The van der Waals surface area contributed by atoms with Gasteiger partial charge in [0, 0.05) is 19.6 Å². The van der Waals surface area contributed by atoms with E-state index in [-0.39, 0.29) is 28.4 Å². The Balaban J connectivity index is 1.55. The van der Waals surface area contributed by atoms with E-state index < -0.39 is 16.6 Å². The molecule has 3 rings (SSSR count). The minimum atomic E-state index is -2.50. The third-order valence-electron chi connectivity index (χ3n) is 8.61. The van der Waals surface area contributed by atoms with Crippen LogP contribution in [0.2, 0.25) is 23.2 Å². The maximum absolute atomic E-state index is 10.7. The molecule has 212 valence electrons. The smallest absolute Gasteiger partial charge is 0.261 e. The second-order valence-electron chi connectivity index (χ2n) is 13.5. The number of aliphatic hydroxyl groups is 1. The van der Waals surface area contributed by atoms with E-state index in [0.717, 1.165) is 32.3 Å². The van der Waals surface area contributed by atoms with Gasteiger partial charge in [0.15, 0.2) is 8.32 Å². The molecule has 0 saturated carbocycles. The average Bonchev–Trinajstić information content (AvgIpc) is 3.20. The van der Waals surface area contributed by atoms with Crippen LogP contribution in [-0.2, 0) is 13.6 Å². The molecule has 0 aromatic heterocycles. The number of rotatable bonds is 12. The lowest BCUT2D eigenvalue weighted by molar-refractivity contribution is -0.00143. The molecule has 1 saturated heterocycles. The van der Waals surface area contributed by atoms with Crippen molar-refractivity contribution in [3.63, 3.8) is 0 Å². The predicted molar refractivity (Wildman–Crippen MR) is 164 cm³/mol. The average molecular weight is 557 g/mol. The second kappa shape index (κ2) is 12.9. The van der Waals surface area contributed by atoms with E-state index in [1.54, 1.807) is 0 Å². The van der Waals surface area contributed by atoms with Gasteiger partial charge in [0.1, 0.15) is 0 Å². The summed E-state index contributed by atoms with van der Waals surface area (Å²) < 4.78 is 19.6. The standard InChI is InChI=1S/C32H52O4Si2/c1-31(2,3)37(7,8)34-23-16-22-30-29(33)25-26(36-30)17-15-24-35-38(32(4,5)6,27-18-11-9-12-19-27)28-20-13-10-14-21-28/h9-14,18-21,26,29-30,33H,15-17,22-25H2,1-8H3/t26-,29-,30-/m0/s1. The van der Waals surface area contributed by atoms with E-state index in [0.29, 0.717) is 13.0 Å². The van der Waals surface area contributed by atoms with E-state index in [1.807, 2.05) is 0 Å². The van der Waals surface area contributed by atoms with Crippen LogP contribution >= 0.6 is 0 Å². The Hall–Kier alpha value is -1.29. The zero-order valence-electron chi connectivity index (χ0n) is 25.1. The van der Waals surface area contributed by atoms with Crippen LogP contribution in [0.5, 0.6) is 0 Å². The second-order valence-corrected chi connectivity index (χ2v) is 22.6. The fourth-order valence-electron chi connectivity index (χ4n) is 5.39. The van der Waals surface area contributed by atoms with Crippen LogP contribution in [0, 0.1) is 0 Å². The molecule has 1 aliphatic heterocycles. The Labute approximate surface area is 234 Å². The SMILES string of the molecule is CC(C)(C)[Si](C)(C)OCCC[C@@H]1O[C@@H](CCCO[Si](c2ccccc2)(c2ccccc2)C(C)(C)C)C[C@@H]1O. The van der Waals surface area contributed by atoms with E-state index in [9.17, 15) is 5.11 Å². The van der Waals surface area contributed by atoms with Gasteiger partial charge in [-0.2, -0.15) is 0 Å². The Morgan fingerprint density at radius 3 is 1.76 bits per heavy atom. The van der Waals surface area contributed by atoms with Gasteiger partial charge in [-0.05, 0) is 59.2 Å². The van der Waals surface area contributed by atoms with Gasteiger partial charge in [0.2, 0.25) is 0 Å². The molecule has 1 N–H and O–H groups in total. The zero-order valence-corrected chi connectivity index (χ0v) is 27.1. The molecular formula is C32H52O4Si2. The number of hydrogen-bond acceptors (Lipinski definition) is 4. The summed E-state index contributed by atoms with van der Waals surface area (Å²) in [7, 11) is -4.23. The van der Waals surface area contributed by atoms with Crippen molar-refractivity contribution in [2.75, 3.05) is 13.2 Å². The molecule has 0 radical (unpaired) electrons.